The highest BCUT2D eigenvalue weighted by molar-refractivity contribution is 8.00. The number of nitro groups is 1. The summed E-state index contributed by atoms with van der Waals surface area (Å²) >= 11 is 1.25. The van der Waals surface area contributed by atoms with Gasteiger partial charge in [-0.3, -0.25) is 14.9 Å². The van der Waals surface area contributed by atoms with Crippen molar-refractivity contribution in [3.8, 4) is 0 Å². The van der Waals surface area contributed by atoms with Crippen LogP contribution in [0.5, 0.6) is 0 Å². The average molecular weight is 450 g/mol. The molecule has 2 aromatic carbocycles. The molecule has 0 aliphatic carbocycles. The van der Waals surface area contributed by atoms with Crippen molar-refractivity contribution in [2.75, 3.05) is 24.2 Å². The molecule has 1 fully saturated rings. The summed E-state index contributed by atoms with van der Waals surface area (Å²) in [4.78, 5) is 23.5. The number of aryl methyl sites for hydroxylation is 1. The second kappa shape index (κ2) is 9.59. The standard InChI is InChI=1S/C20H23N3O5S2/c1-15-5-10-18(30(27,28)22-11-3-2-4-12-22)13-19(15)21-20(24)14-29-17-8-6-16(7-9-17)23(25)26/h5-10,13H,2-4,11-12,14H2,1H3,(H,21,24). The Kier molecular flexibility index (Phi) is 7.11. The van der Waals surface area contributed by atoms with E-state index in [2.05, 4.69) is 5.32 Å². The van der Waals surface area contributed by atoms with Gasteiger partial charge in [-0.2, -0.15) is 4.31 Å². The molecule has 1 heterocycles. The molecular weight excluding hydrogens is 426 g/mol. The Bertz CT molecular complexity index is 1030. The summed E-state index contributed by atoms with van der Waals surface area (Å²) < 4.78 is 27.3. The molecule has 1 saturated heterocycles. The van der Waals surface area contributed by atoms with Crippen LogP contribution in [0.25, 0.3) is 0 Å². The fourth-order valence-corrected chi connectivity index (χ4v) is 5.39. The lowest BCUT2D eigenvalue weighted by Crippen LogP contribution is -2.35. The second-order valence-corrected chi connectivity index (χ2v) is 10.0. The molecule has 8 nitrogen and oxygen atoms in total. The quantitative estimate of drug-likeness (QED) is 0.391. The van der Waals surface area contributed by atoms with E-state index < -0.39 is 14.9 Å². The SMILES string of the molecule is Cc1ccc(S(=O)(=O)N2CCCCC2)cc1NC(=O)CSc1ccc([N+](=O)[O-])cc1. The van der Waals surface area contributed by atoms with Crippen molar-refractivity contribution in [1.82, 2.24) is 4.31 Å². The first kappa shape index (κ1) is 22.3. The number of rotatable bonds is 7. The maximum Gasteiger partial charge on any atom is 0.269 e. The van der Waals surface area contributed by atoms with Gasteiger partial charge in [0.05, 0.1) is 15.6 Å². The van der Waals surface area contributed by atoms with Crippen LogP contribution >= 0.6 is 11.8 Å². The molecule has 0 atom stereocenters. The maximum absolute atomic E-state index is 12.9. The molecule has 3 rings (SSSR count). The van der Waals surface area contributed by atoms with E-state index in [-0.39, 0.29) is 22.2 Å². The number of carbonyl (C=O) groups is 1. The number of hydrogen-bond donors (Lipinski definition) is 1. The zero-order valence-corrected chi connectivity index (χ0v) is 18.2. The van der Waals surface area contributed by atoms with Gasteiger partial charge < -0.3 is 5.32 Å². The largest absolute Gasteiger partial charge is 0.325 e. The number of carbonyl (C=O) groups excluding carboxylic acids is 1. The molecule has 1 aliphatic heterocycles. The summed E-state index contributed by atoms with van der Waals surface area (Å²) in [5.74, 6) is -0.186. The first-order chi connectivity index (χ1) is 14.3. The van der Waals surface area contributed by atoms with Crippen molar-refractivity contribution in [3.05, 3.63) is 58.1 Å². The molecule has 30 heavy (non-hydrogen) atoms. The van der Waals surface area contributed by atoms with Gasteiger partial charge in [0.25, 0.3) is 5.69 Å². The van der Waals surface area contributed by atoms with Crippen molar-refractivity contribution < 1.29 is 18.1 Å². The van der Waals surface area contributed by atoms with E-state index in [0.717, 1.165) is 29.7 Å². The smallest absolute Gasteiger partial charge is 0.269 e. The highest BCUT2D eigenvalue weighted by Gasteiger charge is 2.26. The van der Waals surface area contributed by atoms with Crippen molar-refractivity contribution in [3.63, 3.8) is 0 Å². The van der Waals surface area contributed by atoms with Crippen LogP contribution in [0.15, 0.2) is 52.3 Å². The van der Waals surface area contributed by atoms with Gasteiger partial charge in [0.1, 0.15) is 0 Å². The third kappa shape index (κ3) is 5.38. The van der Waals surface area contributed by atoms with Gasteiger partial charge in [0.2, 0.25) is 15.9 Å². The molecule has 1 amide bonds. The summed E-state index contributed by atoms with van der Waals surface area (Å²) in [6.07, 6.45) is 2.75. The topological polar surface area (TPSA) is 110 Å². The Morgan fingerprint density at radius 2 is 1.80 bits per heavy atom. The summed E-state index contributed by atoms with van der Waals surface area (Å²) in [6, 6.07) is 10.7. The number of anilines is 1. The molecule has 1 aliphatic rings. The Labute approximate surface area is 179 Å². The van der Waals surface area contributed by atoms with Crippen LogP contribution in [0.2, 0.25) is 0 Å². The van der Waals surface area contributed by atoms with E-state index in [1.807, 2.05) is 0 Å². The Morgan fingerprint density at radius 1 is 1.13 bits per heavy atom. The highest BCUT2D eigenvalue weighted by Crippen LogP contribution is 2.26. The van der Waals surface area contributed by atoms with Crippen molar-refractivity contribution >= 4 is 39.1 Å². The molecule has 10 heteroatoms. The third-order valence-electron chi connectivity index (χ3n) is 4.85. The van der Waals surface area contributed by atoms with Gasteiger partial charge in [-0.15, -0.1) is 11.8 Å². The monoisotopic (exact) mass is 449 g/mol. The van der Waals surface area contributed by atoms with E-state index in [0.29, 0.717) is 18.8 Å². The van der Waals surface area contributed by atoms with E-state index in [4.69, 9.17) is 0 Å². The van der Waals surface area contributed by atoms with Crippen LogP contribution in [0.4, 0.5) is 11.4 Å². The van der Waals surface area contributed by atoms with Crippen LogP contribution in [-0.2, 0) is 14.8 Å². The number of thioether (sulfide) groups is 1. The second-order valence-electron chi connectivity index (χ2n) is 7.03. The third-order valence-corrected chi connectivity index (χ3v) is 7.76. The Hall–Kier alpha value is -2.43. The van der Waals surface area contributed by atoms with E-state index in [1.54, 1.807) is 31.2 Å². The lowest BCUT2D eigenvalue weighted by atomic mass is 10.2. The molecule has 0 unspecified atom stereocenters. The molecule has 160 valence electrons. The van der Waals surface area contributed by atoms with Gasteiger partial charge in [-0.1, -0.05) is 12.5 Å². The van der Waals surface area contributed by atoms with Gasteiger partial charge >= 0.3 is 0 Å². The van der Waals surface area contributed by atoms with Crippen LogP contribution in [0.3, 0.4) is 0 Å². The summed E-state index contributed by atoms with van der Waals surface area (Å²) in [5, 5.41) is 13.5. The van der Waals surface area contributed by atoms with E-state index >= 15 is 0 Å². The highest BCUT2D eigenvalue weighted by atomic mass is 32.2. The minimum atomic E-state index is -3.58. The Morgan fingerprint density at radius 3 is 2.43 bits per heavy atom. The van der Waals surface area contributed by atoms with Gasteiger partial charge in [0, 0.05) is 35.8 Å². The summed E-state index contributed by atoms with van der Waals surface area (Å²) in [5.41, 5.74) is 1.22. The molecule has 0 spiro atoms. The van der Waals surface area contributed by atoms with Gasteiger partial charge in [-0.25, -0.2) is 8.42 Å². The molecule has 0 bridgehead atoms. The van der Waals surface area contributed by atoms with Gasteiger partial charge in [0.15, 0.2) is 0 Å². The van der Waals surface area contributed by atoms with Crippen molar-refractivity contribution in [2.45, 2.75) is 36.0 Å². The summed E-state index contributed by atoms with van der Waals surface area (Å²) in [6.45, 7) is 2.84. The van der Waals surface area contributed by atoms with Crippen molar-refractivity contribution in [2.24, 2.45) is 0 Å². The summed E-state index contributed by atoms with van der Waals surface area (Å²) in [7, 11) is -3.58. The minimum absolute atomic E-state index is 0.00819. The number of hydrogen-bond acceptors (Lipinski definition) is 6. The van der Waals surface area contributed by atoms with Crippen LogP contribution in [-0.4, -0.2) is 42.4 Å². The number of sulfonamides is 1. The molecule has 0 saturated carbocycles. The molecule has 1 N–H and O–H groups in total. The molecule has 0 radical (unpaired) electrons. The predicted octanol–water partition coefficient (Wildman–Crippen LogP) is 3.81. The predicted molar refractivity (Wildman–Crippen MR) is 116 cm³/mol. The van der Waals surface area contributed by atoms with Crippen molar-refractivity contribution in [1.29, 1.82) is 0 Å². The van der Waals surface area contributed by atoms with Gasteiger partial charge in [-0.05, 0) is 49.6 Å². The zero-order valence-electron chi connectivity index (χ0n) is 16.5. The van der Waals surface area contributed by atoms with Crippen LogP contribution < -0.4 is 5.32 Å². The zero-order chi connectivity index (χ0) is 21.7. The average Bonchev–Trinajstić information content (AvgIpc) is 2.74. The van der Waals surface area contributed by atoms with Crippen LogP contribution in [0, 0.1) is 17.0 Å². The van der Waals surface area contributed by atoms with E-state index in [9.17, 15) is 23.3 Å². The maximum atomic E-state index is 12.9. The molecular formula is C20H23N3O5S2. The fourth-order valence-electron chi connectivity index (χ4n) is 3.15. The number of piperidine rings is 1. The lowest BCUT2D eigenvalue weighted by molar-refractivity contribution is -0.384. The Balaban J connectivity index is 1.66. The number of non-ortho nitro benzene ring substituents is 1. The first-order valence-electron chi connectivity index (χ1n) is 9.55. The number of amides is 1. The normalized spacial score (nSPS) is 15.0. The lowest BCUT2D eigenvalue weighted by Gasteiger charge is -2.26. The number of benzene rings is 2. The van der Waals surface area contributed by atoms with Crippen LogP contribution in [0.1, 0.15) is 24.8 Å². The fraction of sp³-hybridized carbons (Fsp3) is 0.350. The first-order valence-corrected chi connectivity index (χ1v) is 12.0. The minimum Gasteiger partial charge on any atom is -0.325 e. The number of nitrogens with one attached hydrogen (secondary N) is 1. The van der Waals surface area contributed by atoms with E-state index in [1.165, 1.54) is 34.3 Å². The molecule has 2 aromatic rings. The number of nitro benzene ring substituents is 1. The number of nitrogens with zero attached hydrogens (tertiary/aromatic N) is 2. The molecule has 0 aromatic heterocycles.